The molecule has 2 aromatic rings. The molecule has 2 unspecified atom stereocenters. The predicted octanol–water partition coefficient (Wildman–Crippen LogP) is 3.80. The topological polar surface area (TPSA) is 61.9 Å². The van der Waals surface area contributed by atoms with Gasteiger partial charge >= 0.3 is 12.2 Å². The third-order valence-corrected chi connectivity index (χ3v) is 5.97. The van der Waals surface area contributed by atoms with Gasteiger partial charge in [0.2, 0.25) is 5.91 Å². The van der Waals surface area contributed by atoms with E-state index in [0.717, 1.165) is 24.1 Å². The monoisotopic (exact) mass is 447 g/mol. The molecule has 2 saturated heterocycles. The third-order valence-electron chi connectivity index (χ3n) is 5.97. The fourth-order valence-electron chi connectivity index (χ4n) is 4.26. The number of alkyl halides is 3. The molecule has 9 heteroatoms. The van der Waals surface area contributed by atoms with Crippen molar-refractivity contribution in [1.29, 1.82) is 0 Å². The van der Waals surface area contributed by atoms with Crippen molar-refractivity contribution >= 4 is 11.9 Å². The Kier molecular flexibility index (Phi) is 6.10. The number of imide groups is 1. The molecule has 1 N–H and O–H groups in total. The molecular formula is C23H24F3N3O3. The molecule has 2 heterocycles. The number of carbonyl (C=O) groups excluding carboxylic acids is 2. The first-order valence-electron chi connectivity index (χ1n) is 10.4. The van der Waals surface area contributed by atoms with Crippen LogP contribution in [0.4, 0.5) is 18.0 Å². The van der Waals surface area contributed by atoms with Crippen LogP contribution in [0.25, 0.3) is 0 Å². The van der Waals surface area contributed by atoms with E-state index in [4.69, 9.17) is 4.74 Å². The number of urea groups is 1. The molecule has 2 fully saturated rings. The number of halogens is 3. The molecule has 32 heavy (non-hydrogen) atoms. The number of ether oxygens (including phenoxy) is 1. The Bertz CT molecular complexity index is 977. The van der Waals surface area contributed by atoms with Crippen LogP contribution in [-0.4, -0.2) is 47.5 Å². The summed E-state index contributed by atoms with van der Waals surface area (Å²) in [7, 11) is 1.56. The Labute approximate surface area is 183 Å². The summed E-state index contributed by atoms with van der Waals surface area (Å²) in [6.07, 6.45) is -2.95. The highest BCUT2D eigenvalue weighted by molar-refractivity contribution is 6.00. The summed E-state index contributed by atoms with van der Waals surface area (Å²) in [5.74, 6) is 0.391. The molecule has 6 nitrogen and oxygen atoms in total. The number of nitrogens with one attached hydrogen (secondary N) is 1. The van der Waals surface area contributed by atoms with Crippen LogP contribution in [0.3, 0.4) is 0 Å². The van der Waals surface area contributed by atoms with E-state index in [-0.39, 0.29) is 25.0 Å². The Hall–Kier alpha value is -3.07. The highest BCUT2D eigenvalue weighted by Gasteiger charge is 2.47. The summed E-state index contributed by atoms with van der Waals surface area (Å²) in [4.78, 5) is 29.3. The van der Waals surface area contributed by atoms with Gasteiger partial charge in [0, 0.05) is 6.54 Å². The summed E-state index contributed by atoms with van der Waals surface area (Å²) in [5.41, 5.74) is 0.616. The molecule has 3 amide bonds. The average molecular weight is 447 g/mol. The molecule has 2 aliphatic rings. The van der Waals surface area contributed by atoms with Crippen molar-refractivity contribution in [2.24, 2.45) is 0 Å². The van der Waals surface area contributed by atoms with Crippen molar-refractivity contribution in [3.05, 3.63) is 65.2 Å². The molecule has 2 atom stereocenters. The number of carbonyl (C=O) groups is 2. The van der Waals surface area contributed by atoms with Crippen molar-refractivity contribution in [2.45, 2.75) is 44.2 Å². The van der Waals surface area contributed by atoms with Crippen LogP contribution in [0.2, 0.25) is 0 Å². The Balaban J connectivity index is 1.58. The van der Waals surface area contributed by atoms with Gasteiger partial charge in [0.25, 0.3) is 0 Å². The molecule has 2 aromatic carbocycles. The van der Waals surface area contributed by atoms with Crippen molar-refractivity contribution in [3.8, 4) is 5.75 Å². The molecule has 0 aromatic heterocycles. The highest BCUT2D eigenvalue weighted by Crippen LogP contribution is 2.31. The van der Waals surface area contributed by atoms with Crippen LogP contribution < -0.4 is 10.1 Å². The summed E-state index contributed by atoms with van der Waals surface area (Å²) >= 11 is 0. The normalized spacial score (nSPS) is 21.5. The second-order valence-electron chi connectivity index (χ2n) is 8.02. The zero-order valence-electron chi connectivity index (χ0n) is 17.6. The average Bonchev–Trinajstić information content (AvgIpc) is 2.79. The second-order valence-corrected chi connectivity index (χ2v) is 8.02. The molecule has 0 radical (unpaired) electrons. The zero-order chi connectivity index (χ0) is 22.9. The summed E-state index contributed by atoms with van der Waals surface area (Å²) < 4.78 is 43.8. The molecule has 0 spiro atoms. The molecule has 2 aliphatic heterocycles. The zero-order valence-corrected chi connectivity index (χ0v) is 17.6. The second kappa shape index (κ2) is 8.82. The smallest absolute Gasteiger partial charge is 0.416 e. The van der Waals surface area contributed by atoms with E-state index in [1.54, 1.807) is 36.3 Å². The maximum absolute atomic E-state index is 13.3. The van der Waals surface area contributed by atoms with Crippen molar-refractivity contribution in [1.82, 2.24) is 15.1 Å². The van der Waals surface area contributed by atoms with Gasteiger partial charge in [0.05, 0.1) is 25.3 Å². The van der Waals surface area contributed by atoms with Crippen molar-refractivity contribution < 1.29 is 27.5 Å². The number of fused-ring (bicyclic) bond motifs is 1. The van der Waals surface area contributed by atoms with Crippen LogP contribution >= 0.6 is 0 Å². The van der Waals surface area contributed by atoms with E-state index in [0.29, 0.717) is 24.3 Å². The quantitative estimate of drug-likeness (QED) is 0.758. The molecule has 0 bridgehead atoms. The minimum absolute atomic E-state index is 0.107. The first-order chi connectivity index (χ1) is 15.3. The molecule has 0 saturated carbocycles. The van der Waals surface area contributed by atoms with Crippen LogP contribution in [0.1, 0.15) is 29.5 Å². The Morgan fingerprint density at radius 1 is 1.00 bits per heavy atom. The standard InChI is InChI=1S/C23H24F3N3O3/c1-32-18-10-6-16(7-11-18)14-29-21(30)20-19(3-2-12-27-20)28(22(29)31)13-15-4-8-17(9-5-15)23(24,25)26/h4-11,19-20,27H,2-3,12-14H2,1H3. The van der Waals surface area contributed by atoms with E-state index < -0.39 is 23.8 Å². The van der Waals surface area contributed by atoms with Crippen LogP contribution in [-0.2, 0) is 24.1 Å². The predicted molar refractivity (Wildman–Crippen MR) is 111 cm³/mol. The summed E-state index contributed by atoms with van der Waals surface area (Å²) in [6, 6.07) is 10.6. The number of nitrogens with zero attached hydrogens (tertiary/aromatic N) is 2. The minimum Gasteiger partial charge on any atom is -0.497 e. The first kappa shape index (κ1) is 22.1. The van der Waals surface area contributed by atoms with E-state index in [1.807, 2.05) is 0 Å². The van der Waals surface area contributed by atoms with Crippen molar-refractivity contribution in [2.75, 3.05) is 13.7 Å². The fourth-order valence-corrected chi connectivity index (χ4v) is 4.26. The summed E-state index contributed by atoms with van der Waals surface area (Å²) in [5, 5.41) is 3.22. The summed E-state index contributed by atoms with van der Waals surface area (Å²) in [6.45, 7) is 0.911. The van der Waals surface area contributed by atoms with Crippen LogP contribution in [0, 0.1) is 0 Å². The van der Waals surface area contributed by atoms with E-state index in [2.05, 4.69) is 5.32 Å². The molecule has 0 aliphatic carbocycles. The number of hydrogen-bond donors (Lipinski definition) is 1. The van der Waals surface area contributed by atoms with Crippen molar-refractivity contribution in [3.63, 3.8) is 0 Å². The van der Waals surface area contributed by atoms with Gasteiger partial charge in [-0.15, -0.1) is 0 Å². The van der Waals surface area contributed by atoms with E-state index in [9.17, 15) is 22.8 Å². The van der Waals surface area contributed by atoms with Crippen LogP contribution in [0.15, 0.2) is 48.5 Å². The lowest BCUT2D eigenvalue weighted by molar-refractivity contribution is -0.138. The Morgan fingerprint density at radius 2 is 1.62 bits per heavy atom. The Morgan fingerprint density at radius 3 is 2.25 bits per heavy atom. The number of rotatable bonds is 5. The minimum atomic E-state index is -4.42. The lowest BCUT2D eigenvalue weighted by Crippen LogP contribution is -2.68. The molecule has 170 valence electrons. The van der Waals surface area contributed by atoms with Gasteiger partial charge in [0.1, 0.15) is 11.8 Å². The SMILES string of the molecule is COc1ccc(CN2C(=O)C3NCCCC3N(Cc3ccc(C(F)(F)F)cc3)C2=O)cc1. The maximum atomic E-state index is 13.3. The number of piperidine rings is 1. The lowest BCUT2D eigenvalue weighted by Gasteiger charge is -2.47. The fraction of sp³-hybridized carbons (Fsp3) is 0.391. The maximum Gasteiger partial charge on any atom is 0.416 e. The number of hydrogen-bond acceptors (Lipinski definition) is 4. The lowest BCUT2D eigenvalue weighted by atomic mass is 9.92. The van der Waals surface area contributed by atoms with Gasteiger partial charge in [-0.2, -0.15) is 13.2 Å². The molecular weight excluding hydrogens is 423 g/mol. The van der Waals surface area contributed by atoms with Gasteiger partial charge in [-0.3, -0.25) is 9.69 Å². The van der Waals surface area contributed by atoms with Gasteiger partial charge in [-0.1, -0.05) is 24.3 Å². The molecule has 4 rings (SSSR count). The van der Waals surface area contributed by atoms with Gasteiger partial charge in [-0.25, -0.2) is 4.79 Å². The van der Waals surface area contributed by atoms with Crippen LogP contribution in [0.5, 0.6) is 5.75 Å². The number of methoxy groups -OCH3 is 1. The highest BCUT2D eigenvalue weighted by atomic mass is 19.4. The van der Waals surface area contributed by atoms with E-state index >= 15 is 0 Å². The van der Waals surface area contributed by atoms with Gasteiger partial charge in [0.15, 0.2) is 0 Å². The third kappa shape index (κ3) is 4.43. The van der Waals surface area contributed by atoms with Gasteiger partial charge < -0.3 is 15.0 Å². The first-order valence-corrected chi connectivity index (χ1v) is 10.4. The van der Waals surface area contributed by atoms with Gasteiger partial charge in [-0.05, 0) is 54.8 Å². The number of benzene rings is 2. The number of amides is 3. The van der Waals surface area contributed by atoms with E-state index in [1.165, 1.54) is 17.0 Å². The largest absolute Gasteiger partial charge is 0.497 e.